The predicted molar refractivity (Wildman–Crippen MR) is 128 cm³/mol. The van der Waals surface area contributed by atoms with E-state index in [0.717, 1.165) is 11.4 Å². The van der Waals surface area contributed by atoms with Crippen molar-refractivity contribution in [3.63, 3.8) is 0 Å². The minimum Gasteiger partial charge on any atom is -0.380 e. The number of benzene rings is 2. The number of carbonyl (C=O) groups excluding carboxylic acids is 2. The molecule has 1 aromatic heterocycles. The van der Waals surface area contributed by atoms with Crippen LogP contribution in [0, 0.1) is 19.7 Å². The lowest BCUT2D eigenvalue weighted by atomic mass is 10.1. The molecule has 0 radical (unpaired) electrons. The number of rotatable bonds is 5. The Morgan fingerprint density at radius 3 is 2.47 bits per heavy atom. The van der Waals surface area contributed by atoms with Gasteiger partial charge in [-0.2, -0.15) is 5.10 Å². The fraction of sp³-hybridized carbons (Fsp3) is 0.292. The zero-order valence-corrected chi connectivity index (χ0v) is 19.8. The first kappa shape index (κ1) is 23.7. The van der Waals surface area contributed by atoms with Gasteiger partial charge in [0.1, 0.15) is 11.9 Å². The van der Waals surface area contributed by atoms with Crippen molar-refractivity contribution in [1.29, 1.82) is 0 Å². The smallest absolute Gasteiger partial charge is 0.322 e. The number of aryl methyl sites for hydroxylation is 2. The Kier molecular flexibility index (Phi) is 6.85. The molecule has 34 heavy (non-hydrogen) atoms. The van der Waals surface area contributed by atoms with Gasteiger partial charge in [-0.3, -0.25) is 4.79 Å². The molecule has 2 N–H and O–H groups in total. The van der Waals surface area contributed by atoms with Crippen LogP contribution >= 0.6 is 11.6 Å². The molecule has 0 unspecified atom stereocenters. The van der Waals surface area contributed by atoms with Crippen molar-refractivity contribution < 1.29 is 18.7 Å². The Labute approximate surface area is 201 Å². The van der Waals surface area contributed by atoms with Gasteiger partial charge in [0.25, 0.3) is 0 Å². The lowest BCUT2D eigenvalue weighted by molar-refractivity contribution is -0.119. The van der Waals surface area contributed by atoms with Gasteiger partial charge in [-0.1, -0.05) is 11.6 Å². The third-order valence-corrected chi connectivity index (χ3v) is 5.97. The number of aromatic nitrogens is 2. The summed E-state index contributed by atoms with van der Waals surface area (Å²) < 4.78 is 21.9. The summed E-state index contributed by atoms with van der Waals surface area (Å²) in [6, 6.07) is 11.7. The van der Waals surface area contributed by atoms with E-state index in [1.54, 1.807) is 35.0 Å². The van der Waals surface area contributed by atoms with Crippen molar-refractivity contribution in [3.05, 3.63) is 70.8 Å². The summed E-state index contributed by atoms with van der Waals surface area (Å²) in [4.78, 5) is 27.3. The number of likely N-dealkylation sites (tertiary alicyclic amines) is 1. The number of carbonyl (C=O) groups is 2. The van der Waals surface area contributed by atoms with E-state index in [9.17, 15) is 14.0 Å². The third-order valence-electron chi connectivity index (χ3n) is 5.72. The Morgan fingerprint density at radius 1 is 1.12 bits per heavy atom. The molecule has 2 aromatic carbocycles. The monoisotopic (exact) mass is 485 g/mol. The summed E-state index contributed by atoms with van der Waals surface area (Å²) in [5.41, 5.74) is 2.80. The molecule has 0 bridgehead atoms. The van der Waals surface area contributed by atoms with E-state index >= 15 is 0 Å². The summed E-state index contributed by atoms with van der Waals surface area (Å²) in [5.74, 6) is -1.10. The maximum atomic E-state index is 14.9. The molecule has 3 amide bonds. The first-order valence-corrected chi connectivity index (χ1v) is 11.1. The van der Waals surface area contributed by atoms with Gasteiger partial charge in [0.15, 0.2) is 0 Å². The number of halogens is 2. The summed E-state index contributed by atoms with van der Waals surface area (Å²) in [6.07, 6.45) is -0.0214. The van der Waals surface area contributed by atoms with Gasteiger partial charge in [0.05, 0.1) is 23.2 Å². The minimum absolute atomic E-state index is 0.0224. The van der Waals surface area contributed by atoms with Crippen LogP contribution in [-0.2, 0) is 9.53 Å². The number of amides is 3. The molecule has 2 heterocycles. The molecular weight excluding hydrogens is 461 g/mol. The van der Waals surface area contributed by atoms with E-state index in [2.05, 4.69) is 15.7 Å². The first-order chi connectivity index (χ1) is 16.2. The molecular formula is C24H25ClFN5O3. The van der Waals surface area contributed by atoms with Gasteiger partial charge >= 0.3 is 6.03 Å². The maximum absolute atomic E-state index is 14.9. The molecule has 1 aliphatic heterocycles. The van der Waals surface area contributed by atoms with E-state index in [0.29, 0.717) is 22.8 Å². The fourth-order valence-corrected chi connectivity index (χ4v) is 4.14. The van der Waals surface area contributed by atoms with Gasteiger partial charge in [-0.25, -0.2) is 13.9 Å². The number of nitrogens with zero attached hydrogens (tertiary/aromatic N) is 3. The molecule has 10 heteroatoms. The van der Waals surface area contributed by atoms with Crippen LogP contribution in [0.5, 0.6) is 0 Å². The van der Waals surface area contributed by atoms with Crippen LogP contribution < -0.4 is 10.6 Å². The second-order valence-corrected chi connectivity index (χ2v) is 8.63. The van der Waals surface area contributed by atoms with Crippen molar-refractivity contribution >= 4 is 34.9 Å². The van der Waals surface area contributed by atoms with Crippen molar-refractivity contribution in [1.82, 2.24) is 14.7 Å². The maximum Gasteiger partial charge on any atom is 0.322 e. The molecule has 178 valence electrons. The van der Waals surface area contributed by atoms with E-state index < -0.39 is 23.8 Å². The highest BCUT2D eigenvalue weighted by Crippen LogP contribution is 2.25. The van der Waals surface area contributed by atoms with Crippen molar-refractivity contribution in [3.8, 4) is 5.69 Å². The first-order valence-electron chi connectivity index (χ1n) is 10.7. The van der Waals surface area contributed by atoms with Gasteiger partial charge in [-0.15, -0.1) is 0 Å². The summed E-state index contributed by atoms with van der Waals surface area (Å²) in [6.45, 7) is 3.97. The number of nitrogens with one attached hydrogen (secondary N) is 2. The number of urea groups is 1. The highest BCUT2D eigenvalue weighted by Gasteiger charge is 2.40. The zero-order chi connectivity index (χ0) is 24.4. The molecule has 4 rings (SSSR count). The Hall–Kier alpha value is -3.43. The minimum atomic E-state index is -0.827. The summed E-state index contributed by atoms with van der Waals surface area (Å²) >= 11 is 5.89. The van der Waals surface area contributed by atoms with Crippen LogP contribution in [0.2, 0.25) is 5.02 Å². The number of ether oxygens (including phenoxy) is 1. The zero-order valence-electron chi connectivity index (χ0n) is 19.0. The van der Waals surface area contributed by atoms with Crippen molar-refractivity contribution in [2.24, 2.45) is 0 Å². The lowest BCUT2D eigenvalue weighted by Crippen LogP contribution is -2.45. The predicted octanol–water partition coefficient (Wildman–Crippen LogP) is 4.54. The number of methoxy groups -OCH3 is 1. The SMILES string of the molecule is CO[C@@H]1C[C@H](C(=O)Nc2ccc(-n3nc(C)cc3C)cc2F)N(C(=O)Nc2ccc(Cl)cc2)C1. The molecule has 1 aliphatic rings. The van der Waals surface area contributed by atoms with Crippen molar-refractivity contribution in [2.75, 3.05) is 24.3 Å². The van der Waals surface area contributed by atoms with Gasteiger partial charge in [0, 0.05) is 42.5 Å². The second-order valence-electron chi connectivity index (χ2n) is 8.19. The van der Waals surface area contributed by atoms with Gasteiger partial charge in [-0.05, 0) is 56.3 Å². The normalized spacial score (nSPS) is 17.6. The van der Waals surface area contributed by atoms with Crippen LogP contribution in [0.25, 0.3) is 5.69 Å². The van der Waals surface area contributed by atoms with Gasteiger partial charge < -0.3 is 20.3 Å². The summed E-state index contributed by atoms with van der Waals surface area (Å²) in [7, 11) is 1.53. The third kappa shape index (κ3) is 5.05. The van der Waals surface area contributed by atoms with Crippen molar-refractivity contribution in [2.45, 2.75) is 32.4 Å². The number of hydrogen-bond donors (Lipinski definition) is 2. The Bertz CT molecular complexity index is 1210. The van der Waals surface area contributed by atoms with Crippen LogP contribution in [0.3, 0.4) is 0 Å². The van der Waals surface area contributed by atoms with E-state index in [1.165, 1.54) is 24.1 Å². The molecule has 1 fully saturated rings. The van der Waals surface area contributed by atoms with Crippen LogP contribution in [0.4, 0.5) is 20.6 Å². The van der Waals surface area contributed by atoms with Crippen LogP contribution in [0.1, 0.15) is 17.8 Å². The molecule has 8 nitrogen and oxygen atoms in total. The standard InChI is InChI=1S/C24H25ClFN5O3/c1-14-10-15(2)31(29-14)18-8-9-21(20(26)11-18)28-23(32)22-12-19(34-3)13-30(22)24(33)27-17-6-4-16(25)5-7-17/h4-11,19,22H,12-13H2,1-3H3,(H,27,33)(H,28,32)/t19-,22-/m1/s1. The van der Waals surface area contributed by atoms with Crippen LogP contribution in [-0.4, -0.2) is 52.4 Å². The molecule has 0 spiro atoms. The average molecular weight is 486 g/mol. The van der Waals surface area contributed by atoms with Gasteiger partial charge in [0.2, 0.25) is 5.91 Å². The second kappa shape index (κ2) is 9.82. The molecule has 2 atom stereocenters. The molecule has 0 saturated carbocycles. The van der Waals surface area contributed by atoms with E-state index in [1.807, 2.05) is 19.9 Å². The molecule has 0 aliphatic carbocycles. The summed E-state index contributed by atoms with van der Waals surface area (Å²) in [5, 5.41) is 10.3. The Balaban J connectivity index is 1.49. The topological polar surface area (TPSA) is 88.5 Å². The highest BCUT2D eigenvalue weighted by molar-refractivity contribution is 6.30. The van der Waals surface area contributed by atoms with Crippen LogP contribution in [0.15, 0.2) is 48.5 Å². The molecule has 3 aromatic rings. The highest BCUT2D eigenvalue weighted by atomic mass is 35.5. The number of anilines is 2. The average Bonchev–Trinajstić information content (AvgIpc) is 3.39. The fourth-order valence-electron chi connectivity index (χ4n) is 4.01. The quantitative estimate of drug-likeness (QED) is 0.555. The Morgan fingerprint density at radius 2 is 1.85 bits per heavy atom. The largest absolute Gasteiger partial charge is 0.380 e. The lowest BCUT2D eigenvalue weighted by Gasteiger charge is -2.24. The molecule has 1 saturated heterocycles. The van der Waals surface area contributed by atoms with E-state index in [4.69, 9.17) is 16.3 Å². The number of hydrogen-bond acceptors (Lipinski definition) is 4. The van der Waals surface area contributed by atoms with E-state index in [-0.39, 0.29) is 18.3 Å².